The average molecular weight is 378 g/mol. The second-order valence-corrected chi connectivity index (χ2v) is 4.19. The SMILES string of the molecule is Cl/C(=C\c1ccccc1Cl)c1ccccc1.[IH2+]. The van der Waals surface area contributed by atoms with E-state index in [9.17, 15) is 0 Å². The first-order valence-corrected chi connectivity index (χ1v) is 5.70. The highest BCUT2D eigenvalue weighted by molar-refractivity contribution is 6.51. The minimum absolute atomic E-state index is 0. The van der Waals surface area contributed by atoms with Gasteiger partial charge in [0.15, 0.2) is 0 Å². The van der Waals surface area contributed by atoms with Gasteiger partial charge < -0.3 is 0 Å². The summed E-state index contributed by atoms with van der Waals surface area (Å²) in [5.41, 5.74) is 1.92. The van der Waals surface area contributed by atoms with Crippen molar-refractivity contribution in [2.24, 2.45) is 0 Å². The molecule has 0 saturated carbocycles. The third-order valence-corrected chi connectivity index (χ3v) is 2.91. The fourth-order valence-electron chi connectivity index (χ4n) is 1.41. The minimum atomic E-state index is 0. The van der Waals surface area contributed by atoms with Crippen LogP contribution in [0.5, 0.6) is 0 Å². The molecule has 0 spiro atoms. The fraction of sp³-hybridized carbons (Fsp3) is 0. The van der Waals surface area contributed by atoms with Gasteiger partial charge in [0.2, 0.25) is 24.0 Å². The van der Waals surface area contributed by atoms with Gasteiger partial charge in [-0.1, -0.05) is 71.7 Å². The maximum Gasteiger partial charge on any atom is 0.235 e. The highest BCUT2D eigenvalue weighted by Gasteiger charge is 1.99. The van der Waals surface area contributed by atoms with E-state index in [0.29, 0.717) is 10.1 Å². The van der Waals surface area contributed by atoms with Crippen molar-refractivity contribution in [1.29, 1.82) is 0 Å². The zero-order valence-electron chi connectivity index (χ0n) is 8.98. The van der Waals surface area contributed by atoms with Crippen LogP contribution in [-0.2, 0) is 0 Å². The molecule has 0 saturated heterocycles. The van der Waals surface area contributed by atoms with Gasteiger partial charge in [-0.3, -0.25) is 0 Å². The molecule has 3 heteroatoms. The predicted octanol–water partition coefficient (Wildman–Crippen LogP) is 1.55. The molecule has 2 aromatic carbocycles. The lowest BCUT2D eigenvalue weighted by atomic mass is 10.1. The lowest BCUT2D eigenvalue weighted by Gasteiger charge is -2.01. The zero-order valence-corrected chi connectivity index (χ0v) is 13.0. The van der Waals surface area contributed by atoms with Crippen LogP contribution in [-0.4, -0.2) is 0 Å². The second-order valence-electron chi connectivity index (χ2n) is 3.38. The molecule has 2 aromatic rings. The van der Waals surface area contributed by atoms with E-state index in [4.69, 9.17) is 23.2 Å². The van der Waals surface area contributed by atoms with Gasteiger partial charge in [0.1, 0.15) is 0 Å². The smallest absolute Gasteiger partial charge is 0.0837 e. The van der Waals surface area contributed by atoms with Crippen LogP contribution in [0.4, 0.5) is 0 Å². The molecule has 0 heterocycles. The third kappa shape index (κ3) is 4.02. The van der Waals surface area contributed by atoms with Crippen LogP contribution < -0.4 is 24.0 Å². The van der Waals surface area contributed by atoms with Gasteiger partial charge in [-0.25, -0.2) is 0 Å². The number of benzene rings is 2. The van der Waals surface area contributed by atoms with E-state index in [1.807, 2.05) is 60.7 Å². The Balaban J connectivity index is 0.00000144. The molecule has 0 N–H and O–H groups in total. The van der Waals surface area contributed by atoms with Gasteiger partial charge in [0.05, 0.1) is 0 Å². The molecule has 0 nitrogen and oxygen atoms in total. The van der Waals surface area contributed by atoms with Crippen LogP contribution in [0.15, 0.2) is 54.6 Å². The monoisotopic (exact) mass is 377 g/mol. The van der Waals surface area contributed by atoms with Gasteiger partial charge in [-0.2, -0.15) is 0 Å². The normalized spacial score (nSPS) is 10.8. The zero-order chi connectivity index (χ0) is 11.4. The van der Waals surface area contributed by atoms with Crippen molar-refractivity contribution in [3.8, 4) is 0 Å². The van der Waals surface area contributed by atoms with Crippen molar-refractivity contribution in [2.45, 2.75) is 0 Å². The standard InChI is InChI=1S/C14H10Cl2.H2I/c15-13-9-5-4-8-12(13)10-14(16)11-6-2-1-3-7-11;/h1-10H;1H2/q;+1/b14-10-;. The van der Waals surface area contributed by atoms with Crippen molar-refractivity contribution >= 4 is 34.3 Å². The lowest BCUT2D eigenvalue weighted by molar-refractivity contribution is -0.00000290. The van der Waals surface area contributed by atoms with Crippen LogP contribution in [0.2, 0.25) is 5.02 Å². The Kier molecular flexibility index (Phi) is 6.03. The molecule has 0 amide bonds. The summed E-state index contributed by atoms with van der Waals surface area (Å²) >= 11 is 12.3. The first kappa shape index (κ1) is 14.6. The van der Waals surface area contributed by atoms with Gasteiger partial charge in [0, 0.05) is 10.1 Å². The Morgan fingerprint density at radius 2 is 1.47 bits per heavy atom. The number of hydrogen-bond acceptors (Lipinski definition) is 0. The van der Waals surface area contributed by atoms with Crippen LogP contribution >= 0.6 is 23.2 Å². The molecule has 0 unspecified atom stereocenters. The predicted molar refractivity (Wildman–Crippen MR) is 74.4 cm³/mol. The van der Waals surface area contributed by atoms with E-state index in [-0.39, 0.29) is 24.0 Å². The Bertz CT molecular complexity index is 507. The molecule has 0 atom stereocenters. The minimum Gasteiger partial charge on any atom is -0.0837 e. The first-order valence-electron chi connectivity index (χ1n) is 4.94. The molecule has 0 aliphatic rings. The Labute approximate surface area is 128 Å². The Hall–Kier alpha value is -0.510. The summed E-state index contributed by atoms with van der Waals surface area (Å²) < 4.78 is 0. The highest BCUT2D eigenvalue weighted by atomic mass is 127. The molecule has 0 radical (unpaired) electrons. The van der Waals surface area contributed by atoms with E-state index in [0.717, 1.165) is 11.1 Å². The maximum atomic E-state index is 6.22. The van der Waals surface area contributed by atoms with Crippen molar-refractivity contribution in [3.05, 3.63) is 70.7 Å². The van der Waals surface area contributed by atoms with Gasteiger partial charge in [-0.15, -0.1) is 0 Å². The molecule has 0 aliphatic heterocycles. The van der Waals surface area contributed by atoms with Crippen molar-refractivity contribution in [2.75, 3.05) is 0 Å². The maximum absolute atomic E-state index is 6.22. The molecule has 0 aliphatic carbocycles. The molecular weight excluding hydrogens is 366 g/mol. The quantitative estimate of drug-likeness (QED) is 0.550. The molecule has 0 bridgehead atoms. The summed E-state index contributed by atoms with van der Waals surface area (Å²) in [6.07, 6.45) is 1.87. The molecule has 2 rings (SSSR count). The Morgan fingerprint density at radius 1 is 0.882 bits per heavy atom. The summed E-state index contributed by atoms with van der Waals surface area (Å²) in [4.78, 5) is 0. The van der Waals surface area contributed by atoms with E-state index in [1.54, 1.807) is 0 Å². The molecule has 0 fully saturated rings. The van der Waals surface area contributed by atoms with Crippen molar-refractivity contribution < 1.29 is 24.0 Å². The molecule has 0 aromatic heterocycles. The van der Waals surface area contributed by atoms with Gasteiger partial charge >= 0.3 is 0 Å². The van der Waals surface area contributed by atoms with E-state index < -0.39 is 0 Å². The second kappa shape index (κ2) is 7.04. The highest BCUT2D eigenvalue weighted by Crippen LogP contribution is 2.25. The molecule has 17 heavy (non-hydrogen) atoms. The fourth-order valence-corrected chi connectivity index (χ4v) is 1.84. The van der Waals surface area contributed by atoms with Crippen LogP contribution in [0, 0.1) is 0 Å². The van der Waals surface area contributed by atoms with E-state index >= 15 is 0 Å². The topological polar surface area (TPSA) is 0 Å². The van der Waals surface area contributed by atoms with Crippen LogP contribution in [0.25, 0.3) is 11.1 Å². The van der Waals surface area contributed by atoms with Crippen LogP contribution in [0.1, 0.15) is 11.1 Å². The average Bonchev–Trinajstić information content (AvgIpc) is 2.33. The van der Waals surface area contributed by atoms with E-state index in [2.05, 4.69) is 0 Å². The number of rotatable bonds is 2. The summed E-state index contributed by atoms with van der Waals surface area (Å²) in [6, 6.07) is 17.4. The number of hydrogen-bond donors (Lipinski definition) is 0. The molecule has 88 valence electrons. The van der Waals surface area contributed by atoms with Gasteiger partial charge in [0.25, 0.3) is 0 Å². The summed E-state index contributed by atoms with van der Waals surface area (Å²) in [5, 5.41) is 1.39. The van der Waals surface area contributed by atoms with Crippen LogP contribution in [0.3, 0.4) is 0 Å². The summed E-state index contributed by atoms with van der Waals surface area (Å²) in [5.74, 6) is 0. The van der Waals surface area contributed by atoms with E-state index in [1.165, 1.54) is 0 Å². The van der Waals surface area contributed by atoms with Crippen molar-refractivity contribution in [3.63, 3.8) is 0 Å². The number of halogens is 3. The third-order valence-electron chi connectivity index (χ3n) is 2.24. The molecular formula is C14H12Cl2I+. The van der Waals surface area contributed by atoms with Crippen molar-refractivity contribution in [1.82, 2.24) is 0 Å². The van der Waals surface area contributed by atoms with Gasteiger partial charge in [-0.05, 0) is 23.3 Å². The summed E-state index contributed by atoms with van der Waals surface area (Å²) in [7, 11) is 0. The Morgan fingerprint density at radius 3 is 2.12 bits per heavy atom. The lowest BCUT2D eigenvalue weighted by Crippen LogP contribution is -3.00. The largest absolute Gasteiger partial charge is 0.235 e. The summed E-state index contributed by atoms with van der Waals surface area (Å²) in [6.45, 7) is 0. The first-order chi connectivity index (χ1) is 7.77.